The number of hydrogen-bond donors (Lipinski definition) is 3. The maximum Gasteiger partial charge on any atom is 0.355 e. The summed E-state index contributed by atoms with van der Waals surface area (Å²) >= 11 is 1.30. The van der Waals surface area contributed by atoms with E-state index in [9.17, 15) is 9.59 Å². The Morgan fingerprint density at radius 2 is 2.10 bits per heavy atom. The fourth-order valence-corrected chi connectivity index (χ4v) is 3.42. The van der Waals surface area contributed by atoms with E-state index in [0.29, 0.717) is 24.4 Å². The highest BCUT2D eigenvalue weighted by Crippen LogP contribution is 2.28. The Hall–Kier alpha value is -1.47. The van der Waals surface area contributed by atoms with Gasteiger partial charge in [0.1, 0.15) is 0 Å². The summed E-state index contributed by atoms with van der Waals surface area (Å²) in [6.07, 6.45) is 6.13. The van der Waals surface area contributed by atoms with Crippen molar-refractivity contribution in [1.29, 1.82) is 0 Å². The smallest absolute Gasteiger partial charge is 0.355 e. The minimum absolute atomic E-state index is 0.0329. The summed E-state index contributed by atoms with van der Waals surface area (Å²) in [5.41, 5.74) is 5.96. The molecule has 7 heteroatoms. The van der Waals surface area contributed by atoms with Crippen molar-refractivity contribution in [2.45, 2.75) is 50.5 Å². The molecular weight excluding hydrogens is 290 g/mol. The number of nitrogens with two attached hydrogens (primary N) is 1. The van der Waals surface area contributed by atoms with E-state index in [1.54, 1.807) is 0 Å². The maximum absolute atomic E-state index is 11.9. The van der Waals surface area contributed by atoms with Gasteiger partial charge in [0.2, 0.25) is 5.91 Å². The molecule has 0 spiro atoms. The van der Waals surface area contributed by atoms with Gasteiger partial charge in [-0.2, -0.15) is 0 Å². The lowest BCUT2D eigenvalue weighted by Crippen LogP contribution is -2.46. The Kier molecular flexibility index (Phi) is 5.30. The molecule has 2 rings (SSSR count). The van der Waals surface area contributed by atoms with Gasteiger partial charge in [-0.3, -0.25) is 4.79 Å². The van der Waals surface area contributed by atoms with E-state index in [4.69, 9.17) is 10.8 Å². The highest BCUT2D eigenvalue weighted by Gasteiger charge is 2.29. The summed E-state index contributed by atoms with van der Waals surface area (Å²) in [6, 6.07) is 0. The molecule has 0 radical (unpaired) electrons. The number of carbonyl (C=O) groups is 2. The van der Waals surface area contributed by atoms with Crippen molar-refractivity contribution in [2.24, 2.45) is 5.73 Å². The Morgan fingerprint density at radius 1 is 1.38 bits per heavy atom. The topological polar surface area (TPSA) is 105 Å². The second-order valence-corrected chi connectivity index (χ2v) is 6.57. The van der Waals surface area contributed by atoms with Crippen molar-refractivity contribution in [3.63, 3.8) is 0 Å². The van der Waals surface area contributed by atoms with Crippen LogP contribution in [-0.2, 0) is 11.2 Å². The summed E-state index contributed by atoms with van der Waals surface area (Å²) in [6.45, 7) is 0.460. The molecule has 6 nitrogen and oxygen atoms in total. The maximum atomic E-state index is 11.9. The molecule has 0 unspecified atom stereocenters. The molecule has 0 aromatic carbocycles. The molecule has 116 valence electrons. The van der Waals surface area contributed by atoms with Crippen LogP contribution in [0.15, 0.2) is 5.38 Å². The molecule has 21 heavy (non-hydrogen) atoms. The van der Waals surface area contributed by atoms with Gasteiger partial charge in [0.05, 0.1) is 5.01 Å². The summed E-state index contributed by atoms with van der Waals surface area (Å²) in [4.78, 5) is 26.6. The molecule has 1 fully saturated rings. The average molecular weight is 311 g/mol. The molecule has 1 aliphatic carbocycles. The number of carboxylic acid groups (broad SMARTS) is 1. The standard InChI is InChI=1S/C14H21N3O3S/c15-14(5-2-1-3-6-14)8-11(18)16-7-4-12-17-10(9-21-12)13(19)20/h9H,1-8,15H2,(H,16,18)(H,19,20). The quantitative estimate of drug-likeness (QED) is 0.739. The fraction of sp³-hybridized carbons (Fsp3) is 0.643. The highest BCUT2D eigenvalue weighted by molar-refractivity contribution is 7.09. The second-order valence-electron chi connectivity index (χ2n) is 5.63. The Balaban J connectivity index is 1.72. The Bertz CT molecular complexity index is 509. The first kappa shape index (κ1) is 15.9. The number of aromatic carboxylic acids is 1. The molecule has 1 amide bonds. The number of carboxylic acids is 1. The van der Waals surface area contributed by atoms with Crippen molar-refractivity contribution in [1.82, 2.24) is 10.3 Å². The van der Waals surface area contributed by atoms with Crippen LogP contribution in [0.5, 0.6) is 0 Å². The molecule has 0 saturated heterocycles. The van der Waals surface area contributed by atoms with Crippen molar-refractivity contribution in [3.05, 3.63) is 16.1 Å². The van der Waals surface area contributed by atoms with Gasteiger partial charge < -0.3 is 16.2 Å². The van der Waals surface area contributed by atoms with Crippen molar-refractivity contribution in [2.75, 3.05) is 6.54 Å². The minimum atomic E-state index is -1.02. The number of hydrogen-bond acceptors (Lipinski definition) is 5. The van der Waals surface area contributed by atoms with Crippen LogP contribution in [0, 0.1) is 0 Å². The summed E-state index contributed by atoms with van der Waals surface area (Å²) in [5.74, 6) is -1.06. The van der Waals surface area contributed by atoms with Crippen molar-refractivity contribution < 1.29 is 14.7 Å². The Morgan fingerprint density at radius 3 is 2.71 bits per heavy atom. The second kappa shape index (κ2) is 7.00. The van der Waals surface area contributed by atoms with E-state index >= 15 is 0 Å². The van der Waals surface area contributed by atoms with E-state index in [1.807, 2.05) is 0 Å². The molecule has 4 N–H and O–H groups in total. The molecule has 0 atom stereocenters. The van der Waals surface area contributed by atoms with Gasteiger partial charge in [0, 0.05) is 30.3 Å². The lowest BCUT2D eigenvalue weighted by atomic mass is 9.80. The molecule has 1 aromatic heterocycles. The largest absolute Gasteiger partial charge is 0.476 e. The number of nitrogens with one attached hydrogen (secondary N) is 1. The third-order valence-corrected chi connectivity index (χ3v) is 4.70. The van der Waals surface area contributed by atoms with Crippen LogP contribution in [0.4, 0.5) is 0 Å². The molecule has 0 aliphatic heterocycles. The zero-order valence-corrected chi connectivity index (χ0v) is 12.7. The predicted octanol–water partition coefficient (Wildman–Crippen LogP) is 1.55. The van der Waals surface area contributed by atoms with Gasteiger partial charge in [-0.1, -0.05) is 19.3 Å². The van der Waals surface area contributed by atoms with Crippen LogP contribution >= 0.6 is 11.3 Å². The van der Waals surface area contributed by atoms with E-state index in [-0.39, 0.29) is 17.1 Å². The van der Waals surface area contributed by atoms with Crippen LogP contribution in [0.1, 0.15) is 54.0 Å². The number of rotatable bonds is 6. The zero-order valence-electron chi connectivity index (χ0n) is 11.9. The van der Waals surface area contributed by atoms with Crippen molar-refractivity contribution >= 4 is 23.2 Å². The van der Waals surface area contributed by atoms with Gasteiger partial charge in [0.15, 0.2) is 5.69 Å². The van der Waals surface area contributed by atoms with Gasteiger partial charge >= 0.3 is 5.97 Å². The summed E-state index contributed by atoms with van der Waals surface area (Å²) in [5, 5.41) is 13.9. The van der Waals surface area contributed by atoms with Gasteiger partial charge in [-0.25, -0.2) is 9.78 Å². The van der Waals surface area contributed by atoms with E-state index < -0.39 is 5.97 Å². The molecular formula is C14H21N3O3S. The average Bonchev–Trinajstić information content (AvgIpc) is 2.88. The predicted molar refractivity (Wildman–Crippen MR) is 80.4 cm³/mol. The van der Waals surface area contributed by atoms with Crippen molar-refractivity contribution in [3.8, 4) is 0 Å². The van der Waals surface area contributed by atoms with Crippen LogP contribution < -0.4 is 11.1 Å². The molecule has 1 heterocycles. The first-order valence-electron chi connectivity index (χ1n) is 7.22. The summed E-state index contributed by atoms with van der Waals surface area (Å²) in [7, 11) is 0. The first-order chi connectivity index (χ1) is 9.98. The van der Waals surface area contributed by atoms with Crippen LogP contribution in [0.3, 0.4) is 0 Å². The van der Waals surface area contributed by atoms with Crippen LogP contribution in [0.25, 0.3) is 0 Å². The van der Waals surface area contributed by atoms with Crippen LogP contribution in [-0.4, -0.2) is 34.1 Å². The number of amides is 1. The molecule has 1 aliphatic rings. The third kappa shape index (κ3) is 4.78. The lowest BCUT2D eigenvalue weighted by Gasteiger charge is -2.32. The third-order valence-electron chi connectivity index (χ3n) is 3.79. The monoisotopic (exact) mass is 311 g/mol. The first-order valence-corrected chi connectivity index (χ1v) is 8.10. The minimum Gasteiger partial charge on any atom is -0.476 e. The van der Waals surface area contributed by atoms with Crippen LogP contribution in [0.2, 0.25) is 0 Å². The van der Waals surface area contributed by atoms with Gasteiger partial charge in [-0.15, -0.1) is 11.3 Å². The van der Waals surface area contributed by atoms with E-state index in [1.165, 1.54) is 23.1 Å². The van der Waals surface area contributed by atoms with Gasteiger partial charge in [-0.05, 0) is 12.8 Å². The number of nitrogens with zero attached hydrogens (tertiary/aromatic N) is 1. The number of carbonyl (C=O) groups excluding carboxylic acids is 1. The fourth-order valence-electron chi connectivity index (χ4n) is 2.65. The van der Waals surface area contributed by atoms with E-state index in [2.05, 4.69) is 10.3 Å². The molecule has 1 saturated carbocycles. The molecule has 1 aromatic rings. The normalized spacial score (nSPS) is 17.4. The lowest BCUT2D eigenvalue weighted by molar-refractivity contribution is -0.122. The van der Waals surface area contributed by atoms with E-state index in [0.717, 1.165) is 25.7 Å². The number of aromatic nitrogens is 1. The summed E-state index contributed by atoms with van der Waals surface area (Å²) < 4.78 is 0. The zero-order chi connectivity index (χ0) is 15.3. The number of thiazole rings is 1. The molecule has 0 bridgehead atoms. The Labute approximate surface area is 127 Å². The SMILES string of the molecule is NC1(CC(=O)NCCc2nc(C(=O)O)cs2)CCCCC1. The van der Waals surface area contributed by atoms with Gasteiger partial charge in [0.25, 0.3) is 0 Å². The highest BCUT2D eigenvalue weighted by atomic mass is 32.1.